The molecule has 9 heteroatoms. The lowest BCUT2D eigenvalue weighted by Gasteiger charge is -2.29. The van der Waals surface area contributed by atoms with Gasteiger partial charge in [0.2, 0.25) is 5.91 Å². The highest BCUT2D eigenvalue weighted by Gasteiger charge is 2.23. The number of unbranched alkanes of at least 4 members (excludes halogenated alkanes) is 30. The van der Waals surface area contributed by atoms with Crippen LogP contribution in [0.4, 0.5) is 0 Å². The van der Waals surface area contributed by atoms with Crippen LogP contribution >= 0.6 is 7.82 Å². The molecule has 0 aliphatic carbocycles. The number of hydrogen-bond donors (Lipinski definition) is 2. The summed E-state index contributed by atoms with van der Waals surface area (Å²) in [6.07, 6.45) is 54.0. The number of aliphatic hydroxyl groups is 1. The van der Waals surface area contributed by atoms with E-state index < -0.39 is 26.6 Å². The average Bonchev–Trinajstić information content (AvgIpc) is 3.20. The summed E-state index contributed by atoms with van der Waals surface area (Å²) >= 11 is 0. The molecule has 0 saturated heterocycles. The molecule has 0 aliphatic heterocycles. The molecule has 354 valence electrons. The number of hydrogen-bond acceptors (Lipinski definition) is 6. The van der Waals surface area contributed by atoms with Crippen molar-refractivity contribution in [1.29, 1.82) is 0 Å². The first-order valence-electron chi connectivity index (χ1n) is 25.3. The minimum atomic E-state index is -4.59. The zero-order valence-corrected chi connectivity index (χ0v) is 41.1. The molecular formula is C51H99N2O6P. The zero-order valence-electron chi connectivity index (χ0n) is 40.2. The fourth-order valence-electron chi connectivity index (χ4n) is 7.43. The first-order valence-corrected chi connectivity index (χ1v) is 26.8. The molecule has 3 unspecified atom stereocenters. The second kappa shape index (κ2) is 43.0. The molecule has 1 amide bonds. The number of rotatable bonds is 46. The van der Waals surface area contributed by atoms with Crippen molar-refractivity contribution < 1.29 is 32.9 Å². The molecule has 3 atom stereocenters. The minimum Gasteiger partial charge on any atom is -0.756 e. The van der Waals surface area contributed by atoms with Crippen LogP contribution in [0.3, 0.4) is 0 Å². The standard InChI is InChI=1S/C51H99N2O6P/c1-6-8-10-12-14-16-17-18-19-20-21-22-23-24-25-26-27-28-29-30-31-32-33-34-35-37-39-41-43-45-51(55)52-49(48-59-60(56,57)58-47-46-53(3,4)5)50(54)44-42-40-38-36-15-13-11-9-7-2/h7,9,15,36,42,44,49-50,54H,6,8,10-14,16-35,37-41,43,45-48H2,1-5H3,(H-,52,55,56,57)/b9-7+,36-15+,44-42+. The van der Waals surface area contributed by atoms with E-state index in [0.29, 0.717) is 17.4 Å². The quantitative estimate of drug-likeness (QED) is 0.0273. The SMILES string of the molecule is C/C=C/CC/C=C/CC/C=C/C(O)C(COP(=O)([O-])OCC[N+](C)(C)C)NC(=O)CCCCCCCCCCCCCCCCCCCCCCCCCCCCCCC. The van der Waals surface area contributed by atoms with Crippen molar-refractivity contribution in [3.8, 4) is 0 Å². The van der Waals surface area contributed by atoms with E-state index in [-0.39, 0.29) is 12.5 Å². The van der Waals surface area contributed by atoms with Gasteiger partial charge in [-0.1, -0.05) is 223 Å². The van der Waals surface area contributed by atoms with E-state index in [0.717, 1.165) is 44.9 Å². The number of likely N-dealkylation sites (N-methyl/N-ethyl adjacent to an activating group) is 1. The number of nitrogens with one attached hydrogen (secondary N) is 1. The summed E-state index contributed by atoms with van der Waals surface area (Å²) in [6.45, 7) is 4.40. The molecule has 0 rings (SSSR count). The van der Waals surface area contributed by atoms with Crippen LogP contribution in [0, 0.1) is 0 Å². The van der Waals surface area contributed by atoms with Gasteiger partial charge in [-0.3, -0.25) is 9.36 Å². The molecule has 60 heavy (non-hydrogen) atoms. The number of phosphoric acid groups is 1. The minimum absolute atomic E-state index is 0.00826. The average molecular weight is 867 g/mol. The van der Waals surface area contributed by atoms with E-state index in [2.05, 4.69) is 30.5 Å². The van der Waals surface area contributed by atoms with Crippen molar-refractivity contribution in [2.24, 2.45) is 0 Å². The van der Waals surface area contributed by atoms with E-state index in [1.54, 1.807) is 6.08 Å². The normalized spacial score (nSPS) is 14.4. The number of carbonyl (C=O) groups excluding carboxylic acids is 1. The third kappa shape index (κ3) is 44.8. The number of phosphoric ester groups is 1. The Labute approximate surface area is 372 Å². The lowest BCUT2D eigenvalue weighted by atomic mass is 10.0. The van der Waals surface area contributed by atoms with Gasteiger partial charge in [-0.15, -0.1) is 0 Å². The first-order chi connectivity index (χ1) is 29.0. The molecule has 2 N–H and O–H groups in total. The maximum absolute atomic E-state index is 12.8. The molecule has 0 aromatic heterocycles. The van der Waals surface area contributed by atoms with E-state index in [4.69, 9.17) is 9.05 Å². The van der Waals surface area contributed by atoms with Crippen LogP contribution in [0.2, 0.25) is 0 Å². The van der Waals surface area contributed by atoms with E-state index in [1.165, 1.54) is 167 Å². The fraction of sp³-hybridized carbons (Fsp3) is 0.863. The summed E-state index contributed by atoms with van der Waals surface area (Å²) < 4.78 is 23.1. The molecule has 0 spiro atoms. The number of amides is 1. The van der Waals surface area contributed by atoms with Gasteiger partial charge in [0.15, 0.2) is 0 Å². The summed E-state index contributed by atoms with van der Waals surface area (Å²) in [4.78, 5) is 25.3. The molecule has 0 bridgehead atoms. The number of aliphatic hydroxyl groups excluding tert-OH is 1. The third-order valence-corrected chi connectivity index (χ3v) is 12.4. The number of allylic oxidation sites excluding steroid dienone is 5. The molecule has 0 aliphatic rings. The van der Waals surface area contributed by atoms with E-state index in [1.807, 2.05) is 40.2 Å². The van der Waals surface area contributed by atoms with Crippen molar-refractivity contribution in [2.45, 2.75) is 244 Å². The highest BCUT2D eigenvalue weighted by Crippen LogP contribution is 2.38. The largest absolute Gasteiger partial charge is 0.756 e. The number of nitrogens with zero attached hydrogens (tertiary/aromatic N) is 1. The predicted octanol–water partition coefficient (Wildman–Crippen LogP) is 14.0. The summed E-state index contributed by atoms with van der Waals surface area (Å²) in [6, 6.07) is -0.905. The monoisotopic (exact) mass is 867 g/mol. The predicted molar refractivity (Wildman–Crippen MR) is 256 cm³/mol. The van der Waals surface area contributed by atoms with Gasteiger partial charge >= 0.3 is 0 Å². The Hall–Kier alpha value is -1.28. The maximum Gasteiger partial charge on any atom is 0.268 e. The Morgan fingerprint density at radius 2 is 0.967 bits per heavy atom. The van der Waals surface area contributed by atoms with Gasteiger partial charge in [-0.2, -0.15) is 0 Å². The highest BCUT2D eigenvalue weighted by atomic mass is 31.2. The summed E-state index contributed by atoms with van der Waals surface area (Å²) in [7, 11) is 1.24. The Bertz CT molecular complexity index is 1070. The Morgan fingerprint density at radius 3 is 1.35 bits per heavy atom. The van der Waals surface area contributed by atoms with Gasteiger partial charge in [0, 0.05) is 6.42 Å². The molecule has 8 nitrogen and oxygen atoms in total. The van der Waals surface area contributed by atoms with Crippen molar-refractivity contribution in [2.75, 3.05) is 40.9 Å². The summed E-state index contributed by atoms with van der Waals surface area (Å²) in [5.41, 5.74) is 0. The van der Waals surface area contributed by atoms with Gasteiger partial charge in [-0.05, 0) is 39.0 Å². The zero-order chi connectivity index (χ0) is 44.3. The maximum atomic E-state index is 12.8. The molecule has 0 fully saturated rings. The van der Waals surface area contributed by atoms with Crippen molar-refractivity contribution in [3.63, 3.8) is 0 Å². The highest BCUT2D eigenvalue weighted by molar-refractivity contribution is 7.45. The smallest absolute Gasteiger partial charge is 0.268 e. The topological polar surface area (TPSA) is 108 Å². The molecule has 0 aromatic carbocycles. The fourth-order valence-corrected chi connectivity index (χ4v) is 8.15. The molecule has 0 heterocycles. The Kier molecular flexibility index (Phi) is 42.1. The van der Waals surface area contributed by atoms with Crippen LogP contribution in [-0.4, -0.2) is 68.5 Å². The molecule has 0 saturated carbocycles. The van der Waals surface area contributed by atoms with Gasteiger partial charge in [0.05, 0.1) is 39.9 Å². The van der Waals surface area contributed by atoms with E-state index >= 15 is 0 Å². The first kappa shape index (κ1) is 58.7. The molecular weight excluding hydrogens is 768 g/mol. The van der Waals surface area contributed by atoms with Crippen molar-refractivity contribution >= 4 is 13.7 Å². The van der Waals surface area contributed by atoms with Gasteiger partial charge in [0.1, 0.15) is 13.2 Å². The molecule has 0 aromatic rings. The van der Waals surface area contributed by atoms with Gasteiger partial charge in [-0.25, -0.2) is 0 Å². The van der Waals surface area contributed by atoms with Crippen molar-refractivity contribution in [1.82, 2.24) is 5.32 Å². The second-order valence-electron chi connectivity index (χ2n) is 18.5. The third-order valence-electron chi connectivity index (χ3n) is 11.4. The van der Waals surface area contributed by atoms with E-state index in [9.17, 15) is 19.4 Å². The van der Waals surface area contributed by atoms with Crippen LogP contribution < -0.4 is 10.2 Å². The summed E-state index contributed by atoms with van der Waals surface area (Å²) in [5, 5.41) is 13.7. The summed E-state index contributed by atoms with van der Waals surface area (Å²) in [5.74, 6) is -0.211. The van der Waals surface area contributed by atoms with Crippen LogP contribution in [0.1, 0.15) is 232 Å². The van der Waals surface area contributed by atoms with Crippen LogP contribution in [-0.2, 0) is 18.4 Å². The lowest BCUT2D eigenvalue weighted by Crippen LogP contribution is -2.45. The van der Waals surface area contributed by atoms with Gasteiger partial charge < -0.3 is 28.8 Å². The van der Waals surface area contributed by atoms with Crippen LogP contribution in [0.15, 0.2) is 36.5 Å². The Balaban J connectivity index is 3.99. The number of quaternary nitrogens is 1. The van der Waals surface area contributed by atoms with Crippen molar-refractivity contribution in [3.05, 3.63) is 36.5 Å². The Morgan fingerprint density at radius 1 is 0.600 bits per heavy atom. The van der Waals surface area contributed by atoms with Crippen LogP contribution in [0.5, 0.6) is 0 Å². The van der Waals surface area contributed by atoms with Crippen LogP contribution in [0.25, 0.3) is 0 Å². The number of carbonyl (C=O) groups is 1. The second-order valence-corrected chi connectivity index (χ2v) is 19.9. The lowest BCUT2D eigenvalue weighted by molar-refractivity contribution is -0.870. The van der Waals surface area contributed by atoms with Gasteiger partial charge in [0.25, 0.3) is 7.82 Å². The molecule has 0 radical (unpaired) electrons.